The molecule has 0 saturated carbocycles. The first-order chi connectivity index (χ1) is 11.3. The number of ether oxygens (including phenoxy) is 2. The van der Waals surface area contributed by atoms with Crippen LogP contribution in [0.25, 0.3) is 11.1 Å². The lowest BCUT2D eigenvalue weighted by atomic mass is 10.0. The molecule has 0 aliphatic heterocycles. The highest BCUT2D eigenvalue weighted by Gasteiger charge is 2.15. The summed E-state index contributed by atoms with van der Waals surface area (Å²) in [5.74, 6) is 1.74. The summed E-state index contributed by atoms with van der Waals surface area (Å²) in [5.41, 5.74) is 2.30. The van der Waals surface area contributed by atoms with Crippen molar-refractivity contribution < 1.29 is 9.47 Å². The number of unbranched alkanes of at least 4 members (excludes halogenated alkanes) is 3. The zero-order chi connectivity index (χ0) is 16.5. The van der Waals surface area contributed by atoms with E-state index in [9.17, 15) is 0 Å². The maximum absolute atomic E-state index is 5.58. The van der Waals surface area contributed by atoms with Crippen molar-refractivity contribution in [2.75, 3.05) is 20.4 Å². The van der Waals surface area contributed by atoms with Crippen molar-refractivity contribution in [1.29, 1.82) is 0 Å². The van der Waals surface area contributed by atoms with Crippen LogP contribution in [0.3, 0.4) is 0 Å². The van der Waals surface area contributed by atoms with E-state index in [1.165, 1.54) is 42.7 Å². The van der Waals surface area contributed by atoms with Crippen LogP contribution in [0.1, 0.15) is 32.6 Å². The minimum Gasteiger partial charge on any atom is -0.496 e. The maximum Gasteiger partial charge on any atom is 0.130 e. The van der Waals surface area contributed by atoms with Crippen LogP contribution in [0.5, 0.6) is 11.5 Å². The molecule has 1 unspecified atom stereocenters. The summed E-state index contributed by atoms with van der Waals surface area (Å²) in [6, 6.07) is 14.6. The summed E-state index contributed by atoms with van der Waals surface area (Å²) in [6.07, 6.45) is 6.53. The van der Waals surface area contributed by atoms with Crippen LogP contribution in [0.2, 0.25) is 0 Å². The molecule has 0 aromatic heterocycles. The summed E-state index contributed by atoms with van der Waals surface area (Å²) >= 11 is 0. The number of rotatable bonds is 9. The first-order valence-corrected chi connectivity index (χ1v) is 9.56. The molecule has 2 aromatic carbocycles. The van der Waals surface area contributed by atoms with Gasteiger partial charge in [-0.25, -0.2) is 0 Å². The van der Waals surface area contributed by atoms with Gasteiger partial charge < -0.3 is 9.47 Å². The molecule has 0 saturated heterocycles. The number of hydrogen-bond donors (Lipinski definition) is 0. The fourth-order valence-corrected chi connectivity index (χ4v) is 4.06. The van der Waals surface area contributed by atoms with E-state index in [2.05, 4.69) is 31.2 Å². The van der Waals surface area contributed by atoms with Gasteiger partial charge >= 0.3 is 0 Å². The van der Waals surface area contributed by atoms with E-state index in [-0.39, 0.29) is 0 Å². The van der Waals surface area contributed by atoms with Crippen LogP contribution in [0.15, 0.2) is 42.5 Å². The molecule has 1 atom stereocenters. The Labute approximate surface area is 142 Å². The smallest absolute Gasteiger partial charge is 0.130 e. The van der Waals surface area contributed by atoms with E-state index in [1.54, 1.807) is 14.2 Å². The van der Waals surface area contributed by atoms with Gasteiger partial charge in [-0.05, 0) is 35.6 Å². The molecule has 0 N–H and O–H groups in total. The average Bonchev–Trinajstić information content (AvgIpc) is 2.61. The fraction of sp³-hybridized carbons (Fsp3) is 0.400. The van der Waals surface area contributed by atoms with Gasteiger partial charge in [0, 0.05) is 0 Å². The molecular weight excluding hydrogens is 303 g/mol. The van der Waals surface area contributed by atoms with Crippen LogP contribution in [0.4, 0.5) is 0 Å². The van der Waals surface area contributed by atoms with E-state index in [1.807, 2.05) is 18.2 Å². The Morgan fingerprint density at radius 1 is 0.826 bits per heavy atom. The molecule has 2 nitrogen and oxygen atoms in total. The third-order valence-corrected chi connectivity index (χ3v) is 5.39. The van der Waals surface area contributed by atoms with Gasteiger partial charge in [0.25, 0.3) is 0 Å². The molecular formula is C20H27O2P. The van der Waals surface area contributed by atoms with Gasteiger partial charge in [0.05, 0.1) is 19.8 Å². The van der Waals surface area contributed by atoms with Gasteiger partial charge in [0.2, 0.25) is 0 Å². The van der Waals surface area contributed by atoms with E-state index in [4.69, 9.17) is 9.47 Å². The summed E-state index contributed by atoms with van der Waals surface area (Å²) in [6.45, 7) is 2.26. The van der Waals surface area contributed by atoms with Gasteiger partial charge in [-0.2, -0.15) is 0 Å². The van der Waals surface area contributed by atoms with E-state index >= 15 is 0 Å². The second-order valence-corrected chi connectivity index (χ2v) is 6.96. The SMILES string of the molecule is CCCCCCPc1ccccc1-c1c(OC)cccc1OC. The molecule has 0 fully saturated rings. The molecule has 0 aliphatic rings. The Morgan fingerprint density at radius 3 is 2.17 bits per heavy atom. The summed E-state index contributed by atoms with van der Waals surface area (Å²) < 4.78 is 11.2. The van der Waals surface area contributed by atoms with Gasteiger partial charge in [-0.3, -0.25) is 0 Å². The molecule has 23 heavy (non-hydrogen) atoms. The number of methoxy groups -OCH3 is 2. The van der Waals surface area contributed by atoms with Crippen LogP contribution >= 0.6 is 8.58 Å². The lowest BCUT2D eigenvalue weighted by Crippen LogP contribution is -2.03. The molecule has 124 valence electrons. The zero-order valence-electron chi connectivity index (χ0n) is 14.4. The summed E-state index contributed by atoms with van der Waals surface area (Å²) in [7, 11) is 4.26. The summed E-state index contributed by atoms with van der Waals surface area (Å²) in [5, 5.41) is 1.40. The normalized spacial score (nSPS) is 11.1. The Hall–Kier alpha value is -1.53. The highest BCUT2D eigenvalue weighted by molar-refractivity contribution is 7.47. The maximum atomic E-state index is 5.58. The summed E-state index contributed by atoms with van der Waals surface area (Å²) in [4.78, 5) is 0. The molecule has 0 radical (unpaired) electrons. The second-order valence-electron chi connectivity index (χ2n) is 5.57. The van der Waals surface area contributed by atoms with Crippen molar-refractivity contribution in [2.24, 2.45) is 0 Å². The van der Waals surface area contributed by atoms with Crippen molar-refractivity contribution in [3.63, 3.8) is 0 Å². The standard InChI is InChI=1S/C20H27O2P/c1-4-5-6-9-15-23-19-14-8-7-11-16(19)20-17(21-2)12-10-13-18(20)22-3/h7-8,10-14,23H,4-6,9,15H2,1-3H3. The van der Waals surface area contributed by atoms with Crippen LogP contribution in [0, 0.1) is 0 Å². The number of hydrogen-bond acceptors (Lipinski definition) is 2. The largest absolute Gasteiger partial charge is 0.496 e. The van der Waals surface area contributed by atoms with Crippen LogP contribution in [-0.4, -0.2) is 20.4 Å². The molecule has 3 heteroatoms. The first-order valence-electron chi connectivity index (χ1n) is 8.36. The van der Waals surface area contributed by atoms with Crippen LogP contribution in [-0.2, 0) is 0 Å². The predicted molar refractivity (Wildman–Crippen MR) is 102 cm³/mol. The Bertz CT molecular complexity index is 588. The lowest BCUT2D eigenvalue weighted by molar-refractivity contribution is 0.397. The van der Waals surface area contributed by atoms with E-state index in [0.29, 0.717) is 0 Å². The molecule has 0 heterocycles. The fourth-order valence-electron chi connectivity index (χ4n) is 2.75. The molecule has 2 rings (SSSR count). The topological polar surface area (TPSA) is 18.5 Å². The van der Waals surface area contributed by atoms with Gasteiger partial charge in [0.1, 0.15) is 11.5 Å². The van der Waals surface area contributed by atoms with Crippen molar-refractivity contribution in [3.05, 3.63) is 42.5 Å². The van der Waals surface area contributed by atoms with Gasteiger partial charge in [-0.1, -0.05) is 65.1 Å². The minimum atomic E-state index is 0.825. The third kappa shape index (κ3) is 4.72. The third-order valence-electron chi connectivity index (χ3n) is 3.97. The monoisotopic (exact) mass is 330 g/mol. The quantitative estimate of drug-likeness (QED) is 0.461. The van der Waals surface area contributed by atoms with Gasteiger partial charge in [0.15, 0.2) is 0 Å². The minimum absolute atomic E-state index is 0.825. The molecule has 0 bridgehead atoms. The molecule has 0 spiro atoms. The molecule has 0 amide bonds. The average molecular weight is 330 g/mol. The Balaban J connectivity index is 2.26. The molecule has 2 aromatic rings. The Kier molecular flexibility index (Phi) is 7.42. The highest BCUT2D eigenvalue weighted by atomic mass is 31.1. The highest BCUT2D eigenvalue weighted by Crippen LogP contribution is 2.39. The lowest BCUT2D eigenvalue weighted by Gasteiger charge is -2.16. The first kappa shape index (κ1) is 17.8. The zero-order valence-corrected chi connectivity index (χ0v) is 15.4. The van der Waals surface area contributed by atoms with Crippen molar-refractivity contribution >= 4 is 13.9 Å². The van der Waals surface area contributed by atoms with E-state index in [0.717, 1.165) is 25.6 Å². The van der Waals surface area contributed by atoms with Crippen molar-refractivity contribution in [3.8, 4) is 22.6 Å². The second kappa shape index (κ2) is 9.57. The Morgan fingerprint density at radius 2 is 1.52 bits per heavy atom. The van der Waals surface area contributed by atoms with Crippen molar-refractivity contribution in [1.82, 2.24) is 0 Å². The van der Waals surface area contributed by atoms with Crippen LogP contribution < -0.4 is 14.8 Å². The predicted octanol–water partition coefficient (Wildman–Crippen LogP) is 5.25. The van der Waals surface area contributed by atoms with Gasteiger partial charge in [-0.15, -0.1) is 0 Å². The molecule has 0 aliphatic carbocycles. The van der Waals surface area contributed by atoms with Crippen molar-refractivity contribution in [2.45, 2.75) is 32.6 Å². The number of benzene rings is 2. The van der Waals surface area contributed by atoms with E-state index < -0.39 is 0 Å².